The average molecular weight is 235 g/mol. The van der Waals surface area contributed by atoms with Crippen molar-refractivity contribution in [2.75, 3.05) is 6.54 Å². The van der Waals surface area contributed by atoms with Crippen LogP contribution in [0.15, 0.2) is 12.4 Å². The predicted molar refractivity (Wildman–Crippen MR) is 70.7 cm³/mol. The van der Waals surface area contributed by atoms with Crippen molar-refractivity contribution in [1.82, 2.24) is 14.9 Å². The van der Waals surface area contributed by atoms with Crippen LogP contribution in [0.5, 0.6) is 0 Å². The summed E-state index contributed by atoms with van der Waals surface area (Å²) in [5, 5.41) is 3.64. The molecule has 3 atom stereocenters. The molecule has 2 rings (SSSR count). The standard InChI is InChI=1S/C14H25N3/c1-11-6-4-5-7-13(11)10-16-12(2)14-15-8-9-17(14)3/h8-9,11-13,16H,4-7,10H2,1-3H3. The van der Waals surface area contributed by atoms with Crippen LogP contribution in [0.4, 0.5) is 0 Å². The summed E-state index contributed by atoms with van der Waals surface area (Å²) in [5.74, 6) is 2.87. The van der Waals surface area contributed by atoms with Crippen LogP contribution in [-0.2, 0) is 7.05 Å². The summed E-state index contributed by atoms with van der Waals surface area (Å²) in [4.78, 5) is 4.40. The molecule has 1 N–H and O–H groups in total. The third kappa shape index (κ3) is 3.09. The monoisotopic (exact) mass is 235 g/mol. The van der Waals surface area contributed by atoms with Crippen LogP contribution >= 0.6 is 0 Å². The first-order valence-corrected chi connectivity index (χ1v) is 6.89. The molecule has 1 fully saturated rings. The second-order valence-electron chi connectivity index (χ2n) is 5.55. The van der Waals surface area contributed by atoms with Gasteiger partial charge >= 0.3 is 0 Å². The number of aryl methyl sites for hydroxylation is 1. The third-order valence-corrected chi connectivity index (χ3v) is 4.22. The van der Waals surface area contributed by atoms with Gasteiger partial charge in [-0.1, -0.05) is 26.2 Å². The minimum absolute atomic E-state index is 0.351. The molecule has 0 aliphatic heterocycles. The number of rotatable bonds is 4. The van der Waals surface area contributed by atoms with Crippen molar-refractivity contribution >= 4 is 0 Å². The molecule has 3 heteroatoms. The Balaban J connectivity index is 1.83. The van der Waals surface area contributed by atoms with Crippen LogP contribution in [-0.4, -0.2) is 16.1 Å². The molecule has 17 heavy (non-hydrogen) atoms. The highest BCUT2D eigenvalue weighted by Gasteiger charge is 2.22. The summed E-state index contributed by atoms with van der Waals surface area (Å²) in [6.45, 7) is 5.74. The lowest BCUT2D eigenvalue weighted by Crippen LogP contribution is -2.31. The van der Waals surface area contributed by atoms with E-state index in [1.165, 1.54) is 25.7 Å². The summed E-state index contributed by atoms with van der Waals surface area (Å²) in [6.07, 6.45) is 9.51. The van der Waals surface area contributed by atoms with E-state index in [2.05, 4.69) is 35.8 Å². The molecule has 0 bridgehead atoms. The number of hydrogen-bond acceptors (Lipinski definition) is 2. The first-order chi connectivity index (χ1) is 8.18. The molecule has 3 nitrogen and oxygen atoms in total. The minimum Gasteiger partial charge on any atom is -0.337 e. The first kappa shape index (κ1) is 12.6. The van der Waals surface area contributed by atoms with Gasteiger partial charge in [0.05, 0.1) is 6.04 Å². The van der Waals surface area contributed by atoms with Gasteiger partial charge in [0, 0.05) is 19.4 Å². The van der Waals surface area contributed by atoms with Crippen LogP contribution in [0.25, 0.3) is 0 Å². The maximum absolute atomic E-state index is 4.40. The van der Waals surface area contributed by atoms with Crippen molar-refractivity contribution in [3.05, 3.63) is 18.2 Å². The molecule has 3 unspecified atom stereocenters. The average Bonchev–Trinajstić information content (AvgIpc) is 2.74. The van der Waals surface area contributed by atoms with Gasteiger partial charge in [-0.15, -0.1) is 0 Å². The number of aromatic nitrogens is 2. The van der Waals surface area contributed by atoms with E-state index < -0.39 is 0 Å². The van der Waals surface area contributed by atoms with Crippen LogP contribution in [0.1, 0.15) is 51.4 Å². The number of hydrogen-bond donors (Lipinski definition) is 1. The van der Waals surface area contributed by atoms with Gasteiger partial charge in [0.15, 0.2) is 0 Å². The molecule has 1 heterocycles. The fraction of sp³-hybridized carbons (Fsp3) is 0.786. The largest absolute Gasteiger partial charge is 0.337 e. The van der Waals surface area contributed by atoms with Crippen LogP contribution < -0.4 is 5.32 Å². The van der Waals surface area contributed by atoms with E-state index in [-0.39, 0.29) is 0 Å². The highest BCUT2D eigenvalue weighted by Crippen LogP contribution is 2.29. The third-order valence-electron chi connectivity index (χ3n) is 4.22. The van der Waals surface area contributed by atoms with E-state index in [0.717, 1.165) is 24.2 Å². The van der Waals surface area contributed by atoms with Crippen molar-refractivity contribution in [3.8, 4) is 0 Å². The molecule has 0 spiro atoms. The normalized spacial score (nSPS) is 27.0. The molecular formula is C14H25N3. The van der Waals surface area contributed by atoms with Crippen molar-refractivity contribution in [1.29, 1.82) is 0 Å². The fourth-order valence-electron chi connectivity index (χ4n) is 2.91. The summed E-state index contributed by atoms with van der Waals surface area (Å²) < 4.78 is 2.10. The zero-order chi connectivity index (χ0) is 12.3. The van der Waals surface area contributed by atoms with Crippen LogP contribution in [0.3, 0.4) is 0 Å². The second-order valence-corrected chi connectivity index (χ2v) is 5.55. The van der Waals surface area contributed by atoms with Gasteiger partial charge in [0.1, 0.15) is 5.82 Å². The molecule has 1 aromatic heterocycles. The number of nitrogens with one attached hydrogen (secondary N) is 1. The Labute approximate surface area is 105 Å². The van der Waals surface area contributed by atoms with Gasteiger partial charge < -0.3 is 9.88 Å². The zero-order valence-electron chi connectivity index (χ0n) is 11.3. The Hall–Kier alpha value is -0.830. The van der Waals surface area contributed by atoms with Gasteiger partial charge in [0.2, 0.25) is 0 Å². The van der Waals surface area contributed by atoms with Gasteiger partial charge in [-0.3, -0.25) is 0 Å². The van der Waals surface area contributed by atoms with Crippen LogP contribution in [0.2, 0.25) is 0 Å². The zero-order valence-corrected chi connectivity index (χ0v) is 11.3. The van der Waals surface area contributed by atoms with Gasteiger partial charge in [0.25, 0.3) is 0 Å². The van der Waals surface area contributed by atoms with Crippen molar-refractivity contribution < 1.29 is 0 Å². The second kappa shape index (κ2) is 5.67. The Kier molecular flexibility index (Phi) is 4.21. The Morgan fingerprint density at radius 3 is 2.88 bits per heavy atom. The lowest BCUT2D eigenvalue weighted by molar-refractivity contribution is 0.241. The summed E-state index contributed by atoms with van der Waals surface area (Å²) >= 11 is 0. The van der Waals surface area contributed by atoms with E-state index in [0.29, 0.717) is 6.04 Å². The van der Waals surface area contributed by atoms with E-state index in [1.54, 1.807) is 0 Å². The molecule has 1 aromatic rings. The quantitative estimate of drug-likeness (QED) is 0.869. The maximum Gasteiger partial charge on any atom is 0.125 e. The van der Waals surface area contributed by atoms with E-state index >= 15 is 0 Å². The molecular weight excluding hydrogens is 210 g/mol. The topological polar surface area (TPSA) is 29.9 Å². The minimum atomic E-state index is 0.351. The number of imidazole rings is 1. The summed E-state index contributed by atoms with van der Waals surface area (Å²) in [5.41, 5.74) is 0. The molecule has 96 valence electrons. The van der Waals surface area contributed by atoms with Gasteiger partial charge in [-0.25, -0.2) is 4.98 Å². The molecule has 0 saturated heterocycles. The highest BCUT2D eigenvalue weighted by atomic mass is 15.1. The highest BCUT2D eigenvalue weighted by molar-refractivity contribution is 4.97. The van der Waals surface area contributed by atoms with Crippen LogP contribution in [0, 0.1) is 11.8 Å². The number of nitrogens with zero attached hydrogens (tertiary/aromatic N) is 2. The fourth-order valence-corrected chi connectivity index (χ4v) is 2.91. The van der Waals surface area contributed by atoms with E-state index in [4.69, 9.17) is 0 Å². The molecule has 0 radical (unpaired) electrons. The van der Waals surface area contributed by atoms with E-state index in [1.807, 2.05) is 12.4 Å². The first-order valence-electron chi connectivity index (χ1n) is 6.89. The molecule has 0 aromatic carbocycles. The van der Waals surface area contributed by atoms with Crippen molar-refractivity contribution in [3.63, 3.8) is 0 Å². The SMILES string of the molecule is CC(NCC1CCCCC1C)c1nccn1C. The summed E-state index contributed by atoms with van der Waals surface area (Å²) in [7, 11) is 2.06. The molecule has 1 aliphatic carbocycles. The molecule has 1 saturated carbocycles. The molecule has 1 aliphatic rings. The predicted octanol–water partition coefficient (Wildman–Crippen LogP) is 2.90. The van der Waals surface area contributed by atoms with Gasteiger partial charge in [-0.2, -0.15) is 0 Å². The Morgan fingerprint density at radius 1 is 1.47 bits per heavy atom. The lowest BCUT2D eigenvalue weighted by atomic mass is 9.80. The van der Waals surface area contributed by atoms with Crippen molar-refractivity contribution in [2.24, 2.45) is 18.9 Å². The van der Waals surface area contributed by atoms with Gasteiger partial charge in [-0.05, 0) is 31.7 Å². The lowest BCUT2D eigenvalue weighted by Gasteiger charge is -2.30. The maximum atomic E-state index is 4.40. The van der Waals surface area contributed by atoms with Crippen molar-refractivity contribution in [2.45, 2.75) is 45.6 Å². The van der Waals surface area contributed by atoms with E-state index in [9.17, 15) is 0 Å². The summed E-state index contributed by atoms with van der Waals surface area (Å²) in [6, 6.07) is 0.351. The Morgan fingerprint density at radius 2 is 2.24 bits per heavy atom. The molecule has 0 amide bonds. The smallest absolute Gasteiger partial charge is 0.125 e. The Bertz CT molecular complexity index is 345.